The SMILES string of the molecule is COc1cc(NC(C)CCCN)c2ncccc2c1.O=P(O)(O)OP(=O)(O)O. The van der Waals surface area contributed by atoms with Crippen molar-refractivity contribution in [2.24, 2.45) is 5.73 Å². The minimum atomic E-state index is -5.05. The number of nitrogens with two attached hydrogens (primary N) is 1. The van der Waals surface area contributed by atoms with E-state index in [-0.39, 0.29) is 0 Å². The second-order valence-corrected chi connectivity index (χ2v) is 8.40. The highest BCUT2D eigenvalue weighted by Gasteiger charge is 2.27. The van der Waals surface area contributed by atoms with Gasteiger partial charge >= 0.3 is 15.6 Å². The maximum absolute atomic E-state index is 9.63. The fourth-order valence-corrected chi connectivity index (χ4v) is 3.40. The van der Waals surface area contributed by atoms with Gasteiger partial charge in [0.15, 0.2) is 0 Å². The zero-order valence-electron chi connectivity index (χ0n) is 15.4. The molecule has 1 heterocycles. The second-order valence-electron chi connectivity index (χ2n) is 5.79. The fraction of sp³-hybridized carbons (Fsp3) is 0.400. The molecule has 2 aromatic rings. The lowest BCUT2D eigenvalue weighted by atomic mass is 10.1. The summed E-state index contributed by atoms with van der Waals surface area (Å²) in [5, 5.41) is 4.58. The molecule has 0 aliphatic heterocycles. The molecule has 0 saturated heterocycles. The topological polar surface area (TPSA) is 184 Å². The highest BCUT2D eigenvalue weighted by atomic mass is 31.3. The number of pyridine rings is 1. The average Bonchev–Trinajstić information content (AvgIpc) is 2.57. The van der Waals surface area contributed by atoms with Crippen molar-refractivity contribution in [3.05, 3.63) is 30.5 Å². The minimum Gasteiger partial charge on any atom is -0.497 e. The number of benzene rings is 1. The van der Waals surface area contributed by atoms with Crippen molar-refractivity contribution in [1.29, 1.82) is 0 Å². The molecule has 28 heavy (non-hydrogen) atoms. The lowest BCUT2D eigenvalue weighted by Crippen LogP contribution is -2.17. The molecule has 1 unspecified atom stereocenters. The Bertz CT molecular complexity index is 834. The van der Waals surface area contributed by atoms with E-state index in [1.807, 2.05) is 30.5 Å². The number of anilines is 1. The molecule has 11 nitrogen and oxygen atoms in total. The van der Waals surface area contributed by atoms with E-state index < -0.39 is 15.6 Å². The number of hydrogen-bond acceptors (Lipinski definition) is 7. The monoisotopic (exact) mass is 437 g/mol. The number of methoxy groups -OCH3 is 1. The third-order valence-electron chi connectivity index (χ3n) is 3.37. The molecule has 7 N–H and O–H groups in total. The van der Waals surface area contributed by atoms with Crippen LogP contribution in [0.1, 0.15) is 19.8 Å². The maximum Gasteiger partial charge on any atom is 0.478 e. The van der Waals surface area contributed by atoms with Crippen LogP contribution >= 0.6 is 15.6 Å². The normalized spacial score (nSPS) is 12.8. The predicted octanol–water partition coefficient (Wildman–Crippen LogP) is 1.97. The van der Waals surface area contributed by atoms with E-state index in [4.69, 9.17) is 30.0 Å². The van der Waals surface area contributed by atoms with Gasteiger partial charge in [0.2, 0.25) is 0 Å². The minimum absolute atomic E-state index is 0.362. The quantitative estimate of drug-likeness (QED) is 0.332. The van der Waals surface area contributed by atoms with E-state index >= 15 is 0 Å². The van der Waals surface area contributed by atoms with Crippen LogP contribution in [0.3, 0.4) is 0 Å². The molecule has 0 saturated carbocycles. The molecule has 1 atom stereocenters. The number of nitrogens with zero attached hydrogens (tertiary/aromatic N) is 1. The Hall–Kier alpha value is -1.55. The highest BCUT2D eigenvalue weighted by Crippen LogP contribution is 2.53. The molecule has 158 valence electrons. The number of aromatic nitrogens is 1. The van der Waals surface area contributed by atoms with Crippen LogP contribution in [0, 0.1) is 0 Å². The fourth-order valence-electron chi connectivity index (χ4n) is 2.29. The molecule has 0 fully saturated rings. The molecule has 0 spiro atoms. The average molecular weight is 437 g/mol. The zero-order valence-corrected chi connectivity index (χ0v) is 17.2. The third-order valence-corrected chi connectivity index (χ3v) is 5.07. The summed E-state index contributed by atoms with van der Waals surface area (Å²) in [6.07, 6.45) is 3.87. The first-order valence-corrected chi connectivity index (χ1v) is 11.2. The van der Waals surface area contributed by atoms with Crippen LogP contribution in [-0.2, 0) is 13.4 Å². The molecule has 13 heteroatoms. The van der Waals surface area contributed by atoms with Crippen LogP contribution in [0.5, 0.6) is 5.75 Å². The Morgan fingerprint density at radius 2 is 1.86 bits per heavy atom. The Labute approximate surface area is 162 Å². The lowest BCUT2D eigenvalue weighted by Gasteiger charge is -2.17. The van der Waals surface area contributed by atoms with Crippen LogP contribution in [0.2, 0.25) is 0 Å². The van der Waals surface area contributed by atoms with Crippen molar-refractivity contribution in [2.75, 3.05) is 19.0 Å². The first kappa shape index (κ1) is 24.5. The van der Waals surface area contributed by atoms with Crippen LogP contribution in [0.15, 0.2) is 30.5 Å². The molecule has 0 radical (unpaired) electrons. The van der Waals surface area contributed by atoms with Gasteiger partial charge in [-0.25, -0.2) is 9.13 Å². The van der Waals surface area contributed by atoms with E-state index in [1.165, 1.54) is 0 Å². The number of nitrogens with one attached hydrogen (secondary N) is 1. The van der Waals surface area contributed by atoms with E-state index in [9.17, 15) is 9.13 Å². The number of phosphoric acid groups is 2. The summed E-state index contributed by atoms with van der Waals surface area (Å²) in [5.74, 6) is 0.842. The predicted molar refractivity (Wildman–Crippen MR) is 105 cm³/mol. The molecular formula is C15H25N3O8P2. The standard InChI is InChI=1S/C15H21N3O.H4O7P2/c1-11(5-3-7-16)18-14-10-13(19-2)9-12-6-4-8-17-15(12)14;1-8(2,3)7-9(4,5)6/h4,6,8-11,18H,3,5,7,16H2,1-2H3;(H2,1,2,3)(H2,4,5,6). The molecule has 0 bridgehead atoms. The Morgan fingerprint density at radius 1 is 1.21 bits per heavy atom. The molecule has 1 aromatic heterocycles. The summed E-state index contributed by atoms with van der Waals surface area (Å²) in [6.45, 7) is 2.88. The van der Waals surface area contributed by atoms with Gasteiger partial charge in [-0.1, -0.05) is 6.07 Å². The van der Waals surface area contributed by atoms with Crippen molar-refractivity contribution in [3.8, 4) is 5.75 Å². The van der Waals surface area contributed by atoms with Crippen LogP contribution in [0.25, 0.3) is 10.9 Å². The van der Waals surface area contributed by atoms with Gasteiger partial charge in [0.1, 0.15) is 5.75 Å². The van der Waals surface area contributed by atoms with Crippen molar-refractivity contribution in [3.63, 3.8) is 0 Å². The van der Waals surface area contributed by atoms with Crippen molar-refractivity contribution in [1.82, 2.24) is 4.98 Å². The second kappa shape index (κ2) is 10.8. The first-order valence-electron chi connectivity index (χ1n) is 8.17. The van der Waals surface area contributed by atoms with E-state index in [0.717, 1.165) is 41.7 Å². The number of rotatable bonds is 8. The van der Waals surface area contributed by atoms with E-state index in [2.05, 4.69) is 21.5 Å². The molecule has 1 aromatic carbocycles. The Kier molecular flexibility index (Phi) is 9.49. The molecule has 0 amide bonds. The van der Waals surface area contributed by atoms with Gasteiger partial charge in [-0.2, -0.15) is 4.31 Å². The molecule has 0 aliphatic carbocycles. The zero-order chi connectivity index (χ0) is 21.4. The van der Waals surface area contributed by atoms with Gasteiger partial charge < -0.3 is 35.4 Å². The summed E-state index contributed by atoms with van der Waals surface area (Å²) in [6, 6.07) is 8.33. The molecule has 0 aliphatic rings. The third kappa shape index (κ3) is 9.59. The van der Waals surface area contributed by atoms with Gasteiger partial charge in [-0.3, -0.25) is 4.98 Å². The van der Waals surface area contributed by atoms with Crippen molar-refractivity contribution >= 4 is 32.2 Å². The summed E-state index contributed by atoms with van der Waals surface area (Å²) in [5.41, 5.74) is 7.53. The lowest BCUT2D eigenvalue weighted by molar-refractivity contribution is 0.225. The Morgan fingerprint density at radius 3 is 2.36 bits per heavy atom. The molecule has 2 rings (SSSR count). The summed E-state index contributed by atoms with van der Waals surface area (Å²) >= 11 is 0. The van der Waals surface area contributed by atoms with E-state index in [1.54, 1.807) is 7.11 Å². The van der Waals surface area contributed by atoms with Crippen molar-refractivity contribution < 1.29 is 37.8 Å². The molecular weight excluding hydrogens is 412 g/mol. The maximum atomic E-state index is 9.63. The first-order chi connectivity index (χ1) is 12.9. The van der Waals surface area contributed by atoms with Gasteiger partial charge in [0.25, 0.3) is 0 Å². The number of fused-ring (bicyclic) bond motifs is 1. The summed E-state index contributed by atoms with van der Waals surface area (Å²) in [4.78, 5) is 35.4. The van der Waals surface area contributed by atoms with Gasteiger partial charge in [-0.05, 0) is 38.4 Å². The van der Waals surface area contributed by atoms with Gasteiger partial charge in [0, 0.05) is 23.7 Å². The van der Waals surface area contributed by atoms with Crippen LogP contribution < -0.4 is 15.8 Å². The smallest absolute Gasteiger partial charge is 0.478 e. The van der Waals surface area contributed by atoms with E-state index in [0.29, 0.717) is 6.04 Å². The number of ether oxygens (including phenoxy) is 1. The number of hydrogen-bond donors (Lipinski definition) is 6. The summed E-state index contributed by atoms with van der Waals surface area (Å²) < 4.78 is 27.5. The summed E-state index contributed by atoms with van der Waals surface area (Å²) in [7, 11) is -8.42. The largest absolute Gasteiger partial charge is 0.497 e. The van der Waals surface area contributed by atoms with Crippen LogP contribution in [-0.4, -0.2) is 44.3 Å². The highest BCUT2D eigenvalue weighted by molar-refractivity contribution is 7.60. The van der Waals surface area contributed by atoms with Gasteiger partial charge in [-0.15, -0.1) is 0 Å². The Balaban J connectivity index is 0.000000370. The van der Waals surface area contributed by atoms with Crippen molar-refractivity contribution in [2.45, 2.75) is 25.8 Å². The van der Waals surface area contributed by atoms with Crippen LogP contribution in [0.4, 0.5) is 5.69 Å². The van der Waals surface area contributed by atoms with Gasteiger partial charge in [0.05, 0.1) is 18.3 Å².